The molecule has 1 aliphatic heterocycles. The van der Waals surface area contributed by atoms with Gasteiger partial charge in [0, 0.05) is 12.1 Å². The molecule has 14 heavy (non-hydrogen) atoms. The van der Waals surface area contributed by atoms with Crippen molar-refractivity contribution >= 4 is 0 Å². The molecular weight excluding hydrogens is 176 g/mol. The molecule has 2 N–H and O–H groups in total. The minimum absolute atomic E-state index is 0.192. The van der Waals surface area contributed by atoms with Gasteiger partial charge in [0.25, 0.3) is 0 Å². The molecule has 1 aliphatic rings. The second-order valence-corrected chi connectivity index (χ2v) is 5.21. The molecule has 1 heterocycles. The molecule has 0 aromatic rings. The molecule has 0 amide bonds. The summed E-state index contributed by atoms with van der Waals surface area (Å²) in [4.78, 5) is 7.56. The van der Waals surface area contributed by atoms with Gasteiger partial charge in [-0.3, -0.25) is 9.74 Å². The lowest BCUT2D eigenvalue weighted by Crippen LogP contribution is -2.41. The van der Waals surface area contributed by atoms with Crippen LogP contribution >= 0.6 is 0 Å². The second-order valence-electron chi connectivity index (χ2n) is 5.21. The van der Waals surface area contributed by atoms with Crippen LogP contribution < -0.4 is 5.90 Å². The summed E-state index contributed by atoms with van der Waals surface area (Å²) in [7, 11) is 0. The van der Waals surface area contributed by atoms with Crippen LogP contribution in [0.3, 0.4) is 0 Å². The SMILES string of the molecule is CC(C)N1CCCC1CC(C)(C)ON. The number of nitrogens with two attached hydrogens (primary N) is 1. The summed E-state index contributed by atoms with van der Waals surface area (Å²) in [6, 6.07) is 1.28. The number of likely N-dealkylation sites (tertiary alicyclic amines) is 1. The summed E-state index contributed by atoms with van der Waals surface area (Å²) in [6.45, 7) is 9.86. The van der Waals surface area contributed by atoms with Crippen LogP contribution in [-0.4, -0.2) is 29.1 Å². The molecule has 1 atom stereocenters. The average Bonchev–Trinajstić information content (AvgIpc) is 2.51. The normalized spacial score (nSPS) is 24.9. The topological polar surface area (TPSA) is 38.5 Å². The third-order valence-electron chi connectivity index (χ3n) is 3.13. The highest BCUT2D eigenvalue weighted by Gasteiger charge is 2.32. The van der Waals surface area contributed by atoms with E-state index in [1.54, 1.807) is 0 Å². The third kappa shape index (κ3) is 2.94. The van der Waals surface area contributed by atoms with Gasteiger partial charge in [-0.15, -0.1) is 0 Å². The number of hydrogen-bond acceptors (Lipinski definition) is 3. The van der Waals surface area contributed by atoms with Crippen LogP contribution in [-0.2, 0) is 4.84 Å². The van der Waals surface area contributed by atoms with Gasteiger partial charge in [0.1, 0.15) is 0 Å². The molecule has 1 unspecified atom stereocenters. The van der Waals surface area contributed by atoms with Gasteiger partial charge in [0.2, 0.25) is 0 Å². The Kier molecular flexibility index (Phi) is 3.93. The van der Waals surface area contributed by atoms with Crippen LogP contribution in [0, 0.1) is 0 Å². The molecule has 1 saturated heterocycles. The predicted octanol–water partition coefficient (Wildman–Crippen LogP) is 1.92. The van der Waals surface area contributed by atoms with Gasteiger partial charge in [-0.2, -0.15) is 0 Å². The molecule has 0 aromatic carbocycles. The molecule has 0 aromatic heterocycles. The van der Waals surface area contributed by atoms with E-state index in [0.29, 0.717) is 12.1 Å². The summed E-state index contributed by atoms with van der Waals surface area (Å²) in [6.07, 6.45) is 3.62. The van der Waals surface area contributed by atoms with Crippen LogP contribution in [0.2, 0.25) is 0 Å². The lowest BCUT2D eigenvalue weighted by molar-refractivity contribution is -0.0413. The number of hydrogen-bond donors (Lipinski definition) is 1. The summed E-state index contributed by atoms with van der Waals surface area (Å²) >= 11 is 0. The summed E-state index contributed by atoms with van der Waals surface area (Å²) in [5.74, 6) is 5.29. The maximum absolute atomic E-state index is 5.29. The Morgan fingerprint density at radius 3 is 2.64 bits per heavy atom. The van der Waals surface area contributed by atoms with Crippen molar-refractivity contribution in [2.24, 2.45) is 5.90 Å². The Labute approximate surface area is 87.6 Å². The van der Waals surface area contributed by atoms with E-state index < -0.39 is 0 Å². The van der Waals surface area contributed by atoms with E-state index in [2.05, 4.69) is 32.6 Å². The highest BCUT2D eigenvalue weighted by atomic mass is 16.6. The van der Waals surface area contributed by atoms with Crippen molar-refractivity contribution < 1.29 is 4.84 Å². The van der Waals surface area contributed by atoms with Crippen molar-refractivity contribution in [2.75, 3.05) is 6.54 Å². The fourth-order valence-electron chi connectivity index (χ4n) is 2.37. The molecule has 1 fully saturated rings. The lowest BCUT2D eigenvalue weighted by Gasteiger charge is -2.33. The molecule has 3 heteroatoms. The van der Waals surface area contributed by atoms with Gasteiger partial charge in [-0.25, -0.2) is 5.90 Å². The monoisotopic (exact) mass is 200 g/mol. The molecule has 1 rings (SSSR count). The van der Waals surface area contributed by atoms with Gasteiger partial charge in [0.15, 0.2) is 0 Å². The zero-order chi connectivity index (χ0) is 10.8. The first-order chi connectivity index (χ1) is 6.46. The highest BCUT2D eigenvalue weighted by molar-refractivity contribution is 4.86. The standard InChI is InChI=1S/C11H24N2O/c1-9(2)13-7-5-6-10(13)8-11(3,4)14-12/h9-10H,5-8,12H2,1-4H3. The minimum atomic E-state index is -0.192. The average molecular weight is 200 g/mol. The Hall–Kier alpha value is -0.120. The van der Waals surface area contributed by atoms with Gasteiger partial charge >= 0.3 is 0 Å². The minimum Gasteiger partial charge on any atom is -0.299 e. The summed E-state index contributed by atoms with van der Waals surface area (Å²) in [5.41, 5.74) is -0.192. The maximum Gasteiger partial charge on any atom is 0.0852 e. The molecular formula is C11H24N2O. The fraction of sp³-hybridized carbons (Fsp3) is 1.00. The van der Waals surface area contributed by atoms with E-state index in [0.717, 1.165) is 6.42 Å². The Balaban J connectivity index is 2.51. The van der Waals surface area contributed by atoms with Crippen molar-refractivity contribution in [3.8, 4) is 0 Å². The first-order valence-corrected chi connectivity index (χ1v) is 5.60. The van der Waals surface area contributed by atoms with Crippen LogP contribution in [0.25, 0.3) is 0 Å². The van der Waals surface area contributed by atoms with E-state index in [-0.39, 0.29) is 5.60 Å². The predicted molar refractivity (Wildman–Crippen MR) is 58.8 cm³/mol. The lowest BCUT2D eigenvalue weighted by atomic mass is 9.97. The molecule has 0 bridgehead atoms. The quantitative estimate of drug-likeness (QED) is 0.705. The van der Waals surface area contributed by atoms with Crippen molar-refractivity contribution in [3.05, 3.63) is 0 Å². The zero-order valence-electron chi connectivity index (χ0n) is 9.92. The van der Waals surface area contributed by atoms with Crippen molar-refractivity contribution in [3.63, 3.8) is 0 Å². The first kappa shape index (κ1) is 12.0. The van der Waals surface area contributed by atoms with E-state index in [1.165, 1.54) is 19.4 Å². The van der Waals surface area contributed by atoms with Crippen molar-refractivity contribution in [2.45, 2.75) is 64.6 Å². The van der Waals surface area contributed by atoms with E-state index in [4.69, 9.17) is 10.7 Å². The molecule has 3 nitrogen and oxygen atoms in total. The smallest absolute Gasteiger partial charge is 0.0852 e. The molecule has 84 valence electrons. The Morgan fingerprint density at radius 1 is 1.50 bits per heavy atom. The summed E-state index contributed by atoms with van der Waals surface area (Å²) in [5, 5.41) is 0. The third-order valence-corrected chi connectivity index (χ3v) is 3.13. The Bertz CT molecular complexity index is 180. The van der Waals surface area contributed by atoms with Gasteiger partial charge in [-0.05, 0) is 53.5 Å². The Morgan fingerprint density at radius 2 is 2.14 bits per heavy atom. The number of rotatable bonds is 4. The van der Waals surface area contributed by atoms with Crippen LogP contribution in [0.4, 0.5) is 0 Å². The van der Waals surface area contributed by atoms with Crippen LogP contribution in [0.1, 0.15) is 47.0 Å². The van der Waals surface area contributed by atoms with Crippen LogP contribution in [0.15, 0.2) is 0 Å². The number of nitrogens with zero attached hydrogens (tertiary/aromatic N) is 1. The highest BCUT2D eigenvalue weighted by Crippen LogP contribution is 2.27. The first-order valence-electron chi connectivity index (χ1n) is 5.60. The molecule has 0 aliphatic carbocycles. The van der Waals surface area contributed by atoms with E-state index in [1.807, 2.05) is 0 Å². The van der Waals surface area contributed by atoms with E-state index in [9.17, 15) is 0 Å². The molecule has 0 spiro atoms. The molecule has 0 saturated carbocycles. The van der Waals surface area contributed by atoms with Crippen LogP contribution in [0.5, 0.6) is 0 Å². The zero-order valence-corrected chi connectivity index (χ0v) is 9.92. The maximum atomic E-state index is 5.29. The van der Waals surface area contributed by atoms with Gasteiger partial charge < -0.3 is 0 Å². The molecule has 0 radical (unpaired) electrons. The largest absolute Gasteiger partial charge is 0.299 e. The summed E-state index contributed by atoms with van der Waals surface area (Å²) < 4.78 is 0. The van der Waals surface area contributed by atoms with Gasteiger partial charge in [-0.1, -0.05) is 0 Å². The van der Waals surface area contributed by atoms with Crippen molar-refractivity contribution in [1.82, 2.24) is 4.90 Å². The van der Waals surface area contributed by atoms with E-state index >= 15 is 0 Å². The second kappa shape index (κ2) is 4.60. The fourth-order valence-corrected chi connectivity index (χ4v) is 2.37. The van der Waals surface area contributed by atoms with Gasteiger partial charge in [0.05, 0.1) is 5.60 Å². The van der Waals surface area contributed by atoms with Crippen molar-refractivity contribution in [1.29, 1.82) is 0 Å².